The van der Waals surface area contributed by atoms with Crippen molar-refractivity contribution in [3.63, 3.8) is 0 Å². The van der Waals surface area contributed by atoms with E-state index < -0.39 is 28.1 Å². The van der Waals surface area contributed by atoms with E-state index in [1.165, 1.54) is 0 Å². The van der Waals surface area contributed by atoms with Crippen LogP contribution in [0.2, 0.25) is 0 Å². The number of carbonyl (C=O) groups excluding carboxylic acids is 1. The highest BCUT2D eigenvalue weighted by Crippen LogP contribution is 2.26. The van der Waals surface area contributed by atoms with Gasteiger partial charge in [0.05, 0.1) is 0 Å². The molecule has 7 nitrogen and oxygen atoms in total. The minimum atomic E-state index is -4.19. The van der Waals surface area contributed by atoms with Crippen LogP contribution in [0, 0.1) is 0 Å². The quantitative estimate of drug-likeness (QED) is 0.720. The number of amides is 1. The Kier molecular flexibility index (Phi) is 4.76. The standard InChI is InChI=1S/C10H21N3O4S2/c1-10(2,3)17-9(14)13(19(11,15)16)8-5-7(18)6-12(8)4/h7-8,18H,5-6H2,1-4H3,(H2,11,15,16). The maximum atomic E-state index is 12.0. The lowest BCUT2D eigenvalue weighted by Gasteiger charge is -2.32. The highest BCUT2D eigenvalue weighted by Gasteiger charge is 2.42. The lowest BCUT2D eigenvalue weighted by molar-refractivity contribution is 0.0243. The molecule has 0 saturated carbocycles. The second kappa shape index (κ2) is 5.47. The summed E-state index contributed by atoms with van der Waals surface area (Å²) in [5.74, 6) is 0. The molecule has 0 aromatic heterocycles. The number of thiol groups is 1. The lowest BCUT2D eigenvalue weighted by Crippen LogP contribution is -2.53. The first-order valence-electron chi connectivity index (χ1n) is 5.85. The third-order valence-electron chi connectivity index (χ3n) is 2.61. The summed E-state index contributed by atoms with van der Waals surface area (Å²) >= 11 is 4.30. The van der Waals surface area contributed by atoms with Crippen LogP contribution in [0.15, 0.2) is 0 Å². The van der Waals surface area contributed by atoms with E-state index in [0.717, 1.165) is 0 Å². The number of likely N-dealkylation sites (tertiary alicyclic amines) is 1. The molecule has 19 heavy (non-hydrogen) atoms. The van der Waals surface area contributed by atoms with E-state index in [1.54, 1.807) is 32.7 Å². The summed E-state index contributed by atoms with van der Waals surface area (Å²) in [4.78, 5) is 13.8. The van der Waals surface area contributed by atoms with Crippen molar-refractivity contribution < 1.29 is 17.9 Å². The van der Waals surface area contributed by atoms with E-state index >= 15 is 0 Å². The summed E-state index contributed by atoms with van der Waals surface area (Å²) in [6.07, 6.45) is -1.21. The molecule has 0 radical (unpaired) electrons. The molecule has 1 heterocycles. The Morgan fingerprint density at radius 2 is 2.00 bits per heavy atom. The maximum absolute atomic E-state index is 12.0. The van der Waals surface area contributed by atoms with Crippen LogP contribution in [-0.4, -0.2) is 54.3 Å². The topological polar surface area (TPSA) is 92.9 Å². The van der Waals surface area contributed by atoms with Crippen LogP contribution in [0.4, 0.5) is 4.79 Å². The molecule has 0 aromatic carbocycles. The van der Waals surface area contributed by atoms with Gasteiger partial charge in [-0.05, 0) is 34.2 Å². The molecule has 9 heteroatoms. The molecule has 112 valence electrons. The second-order valence-electron chi connectivity index (χ2n) is 5.63. The van der Waals surface area contributed by atoms with Crippen molar-refractivity contribution in [2.75, 3.05) is 13.6 Å². The van der Waals surface area contributed by atoms with Crippen LogP contribution in [0.1, 0.15) is 27.2 Å². The van der Waals surface area contributed by atoms with Crippen LogP contribution in [-0.2, 0) is 14.9 Å². The van der Waals surface area contributed by atoms with Crippen LogP contribution in [0.3, 0.4) is 0 Å². The minimum Gasteiger partial charge on any atom is -0.443 e. The first-order chi connectivity index (χ1) is 8.42. The zero-order chi connectivity index (χ0) is 15.0. The van der Waals surface area contributed by atoms with Gasteiger partial charge in [-0.2, -0.15) is 25.4 Å². The molecule has 1 fully saturated rings. The summed E-state index contributed by atoms with van der Waals surface area (Å²) in [6, 6.07) is 0. The number of carbonyl (C=O) groups is 1. The van der Waals surface area contributed by atoms with Gasteiger partial charge in [-0.1, -0.05) is 0 Å². The van der Waals surface area contributed by atoms with Gasteiger partial charge < -0.3 is 4.74 Å². The van der Waals surface area contributed by atoms with Crippen molar-refractivity contribution in [1.82, 2.24) is 9.21 Å². The minimum absolute atomic E-state index is 0.0123. The van der Waals surface area contributed by atoms with Gasteiger partial charge in [0.15, 0.2) is 0 Å². The fourth-order valence-electron chi connectivity index (χ4n) is 1.93. The molecule has 0 bridgehead atoms. The van der Waals surface area contributed by atoms with Crippen LogP contribution < -0.4 is 5.14 Å². The highest BCUT2D eigenvalue weighted by molar-refractivity contribution is 7.87. The molecule has 1 saturated heterocycles. The fourth-order valence-corrected chi connectivity index (χ4v) is 3.21. The number of nitrogens with two attached hydrogens (primary N) is 1. The summed E-state index contributed by atoms with van der Waals surface area (Å²) in [6.45, 7) is 5.55. The van der Waals surface area contributed by atoms with Crippen molar-refractivity contribution in [3.8, 4) is 0 Å². The van der Waals surface area contributed by atoms with Crippen LogP contribution in [0.25, 0.3) is 0 Å². The van der Waals surface area contributed by atoms with Gasteiger partial charge >= 0.3 is 16.3 Å². The Bertz CT molecular complexity index is 446. The third kappa shape index (κ3) is 4.51. The molecule has 1 aliphatic rings. The van der Waals surface area contributed by atoms with Gasteiger partial charge in [0.1, 0.15) is 11.8 Å². The van der Waals surface area contributed by atoms with Crippen molar-refractivity contribution >= 4 is 28.9 Å². The molecule has 1 aliphatic heterocycles. The van der Waals surface area contributed by atoms with E-state index in [0.29, 0.717) is 17.3 Å². The van der Waals surface area contributed by atoms with Crippen molar-refractivity contribution in [2.45, 2.75) is 44.2 Å². The van der Waals surface area contributed by atoms with E-state index in [4.69, 9.17) is 9.88 Å². The Balaban J connectivity index is 3.00. The predicted octanol–water partition coefficient (Wildman–Crippen LogP) is 0.387. The summed E-state index contributed by atoms with van der Waals surface area (Å²) < 4.78 is 29.0. The maximum Gasteiger partial charge on any atom is 0.426 e. The highest BCUT2D eigenvalue weighted by atomic mass is 32.2. The Labute approximate surface area is 119 Å². The van der Waals surface area contributed by atoms with Gasteiger partial charge in [0, 0.05) is 11.8 Å². The largest absolute Gasteiger partial charge is 0.443 e. The molecule has 0 aromatic rings. The summed E-state index contributed by atoms with van der Waals surface area (Å²) in [7, 11) is -2.48. The fraction of sp³-hybridized carbons (Fsp3) is 0.900. The number of ether oxygens (including phenoxy) is 1. The van der Waals surface area contributed by atoms with E-state index in [-0.39, 0.29) is 5.25 Å². The predicted molar refractivity (Wildman–Crippen MR) is 75.0 cm³/mol. The molecular formula is C10H21N3O4S2. The normalized spacial score (nSPS) is 25.4. The van der Waals surface area contributed by atoms with Gasteiger partial charge in [0.2, 0.25) is 0 Å². The van der Waals surface area contributed by atoms with Crippen LogP contribution >= 0.6 is 12.6 Å². The first-order valence-corrected chi connectivity index (χ1v) is 7.87. The lowest BCUT2D eigenvalue weighted by atomic mass is 10.2. The van der Waals surface area contributed by atoms with E-state index in [9.17, 15) is 13.2 Å². The first kappa shape index (κ1) is 16.5. The van der Waals surface area contributed by atoms with Crippen molar-refractivity contribution in [2.24, 2.45) is 5.14 Å². The number of rotatable bonds is 2. The average Bonchev–Trinajstić information content (AvgIpc) is 2.39. The molecule has 2 unspecified atom stereocenters. The average molecular weight is 311 g/mol. The van der Waals surface area contributed by atoms with E-state index in [1.807, 2.05) is 0 Å². The monoisotopic (exact) mass is 311 g/mol. The zero-order valence-electron chi connectivity index (χ0n) is 11.5. The number of nitrogens with zero attached hydrogens (tertiary/aromatic N) is 2. The van der Waals surface area contributed by atoms with Crippen molar-refractivity contribution in [1.29, 1.82) is 0 Å². The molecule has 0 spiro atoms. The summed E-state index contributed by atoms with van der Waals surface area (Å²) in [5.41, 5.74) is -0.794. The van der Waals surface area contributed by atoms with Gasteiger partial charge in [-0.15, -0.1) is 0 Å². The molecule has 2 N–H and O–H groups in total. The Hall–Kier alpha value is -0.510. The smallest absolute Gasteiger partial charge is 0.426 e. The summed E-state index contributed by atoms with van der Waals surface area (Å²) in [5, 5.41) is 5.12. The molecule has 0 aliphatic carbocycles. The van der Waals surface area contributed by atoms with E-state index in [2.05, 4.69) is 12.6 Å². The number of hydrogen-bond donors (Lipinski definition) is 2. The molecular weight excluding hydrogens is 290 g/mol. The zero-order valence-corrected chi connectivity index (χ0v) is 13.2. The second-order valence-corrected chi connectivity index (χ2v) is 7.78. The Morgan fingerprint density at radius 1 is 1.47 bits per heavy atom. The third-order valence-corrected chi connectivity index (χ3v) is 3.92. The van der Waals surface area contributed by atoms with Crippen molar-refractivity contribution in [3.05, 3.63) is 0 Å². The van der Waals surface area contributed by atoms with Crippen LogP contribution in [0.5, 0.6) is 0 Å². The molecule has 1 amide bonds. The molecule has 1 rings (SSSR count). The SMILES string of the molecule is CN1CC(S)CC1N(C(=O)OC(C)(C)C)S(N)(=O)=O. The van der Waals surface area contributed by atoms with Gasteiger partial charge in [-0.25, -0.2) is 9.93 Å². The number of hydrogen-bond acceptors (Lipinski definition) is 6. The van der Waals surface area contributed by atoms with Gasteiger partial charge in [-0.3, -0.25) is 4.90 Å². The van der Waals surface area contributed by atoms with Gasteiger partial charge in [0.25, 0.3) is 0 Å². The molecule has 2 atom stereocenters. The Morgan fingerprint density at radius 3 is 2.32 bits per heavy atom.